The largest absolute Gasteiger partial charge is 0.368 e. The number of sulfonamides is 1. The van der Waals surface area contributed by atoms with Crippen LogP contribution in [0.4, 0.5) is 11.4 Å². The highest BCUT2D eigenvalue weighted by Gasteiger charge is 2.22. The molecular formula is C23H31N3O3S. The molecule has 162 valence electrons. The second-order valence-electron chi connectivity index (χ2n) is 7.79. The molecule has 0 spiro atoms. The van der Waals surface area contributed by atoms with Gasteiger partial charge in [-0.05, 0) is 48.7 Å². The van der Waals surface area contributed by atoms with Crippen LogP contribution >= 0.6 is 0 Å². The van der Waals surface area contributed by atoms with Crippen LogP contribution in [-0.2, 0) is 21.2 Å². The molecule has 1 fully saturated rings. The van der Waals surface area contributed by atoms with Crippen LogP contribution in [0.5, 0.6) is 0 Å². The number of nitrogens with one attached hydrogen (secondary N) is 1. The molecule has 7 heteroatoms. The fourth-order valence-electron chi connectivity index (χ4n) is 3.60. The van der Waals surface area contributed by atoms with E-state index in [-0.39, 0.29) is 11.7 Å². The Morgan fingerprint density at radius 2 is 1.67 bits per heavy atom. The lowest BCUT2D eigenvalue weighted by Gasteiger charge is -2.36. The van der Waals surface area contributed by atoms with E-state index in [2.05, 4.69) is 9.62 Å². The number of carbonyl (C=O) groups is 1. The molecule has 0 bridgehead atoms. The van der Waals surface area contributed by atoms with Gasteiger partial charge in [-0.15, -0.1) is 0 Å². The first-order valence-corrected chi connectivity index (χ1v) is 12.2. The van der Waals surface area contributed by atoms with Crippen molar-refractivity contribution in [3.63, 3.8) is 0 Å². The lowest BCUT2D eigenvalue weighted by molar-refractivity contribution is -0.130. The summed E-state index contributed by atoms with van der Waals surface area (Å²) in [6, 6.07) is 15.5. The number of aryl methyl sites for hydroxylation is 1. The number of piperazine rings is 1. The molecule has 2 aromatic rings. The van der Waals surface area contributed by atoms with E-state index in [1.54, 1.807) is 12.1 Å². The standard InChI is InChI=1S/C23H31N3O3S/c1-3-4-17-30(28,29)24-21-9-11-22(12-10-21)25-13-15-26(16-14-25)23(27)18-20-8-6-5-7-19(20)2/h5-12,24H,3-4,13-18H2,1-2H3. The summed E-state index contributed by atoms with van der Waals surface area (Å²) in [5, 5.41) is 0. The van der Waals surface area contributed by atoms with Crippen LogP contribution in [0.2, 0.25) is 0 Å². The van der Waals surface area contributed by atoms with Crippen molar-refractivity contribution in [1.29, 1.82) is 0 Å². The number of unbranched alkanes of at least 4 members (excludes halogenated alkanes) is 1. The van der Waals surface area contributed by atoms with Crippen LogP contribution in [0.1, 0.15) is 30.9 Å². The van der Waals surface area contributed by atoms with E-state index < -0.39 is 10.0 Å². The third kappa shape index (κ3) is 5.98. The summed E-state index contributed by atoms with van der Waals surface area (Å²) in [6.45, 7) is 6.92. The molecule has 0 saturated carbocycles. The van der Waals surface area contributed by atoms with Crippen LogP contribution in [0.25, 0.3) is 0 Å². The maximum absolute atomic E-state index is 12.7. The molecule has 1 N–H and O–H groups in total. The van der Waals surface area contributed by atoms with Crippen molar-refractivity contribution in [2.24, 2.45) is 0 Å². The average Bonchev–Trinajstić information content (AvgIpc) is 2.74. The summed E-state index contributed by atoms with van der Waals surface area (Å²) in [5.74, 6) is 0.310. The van der Waals surface area contributed by atoms with Gasteiger partial charge in [-0.3, -0.25) is 9.52 Å². The van der Waals surface area contributed by atoms with E-state index in [0.717, 1.165) is 36.3 Å². The Labute approximate surface area is 179 Å². The molecule has 30 heavy (non-hydrogen) atoms. The van der Waals surface area contributed by atoms with Gasteiger partial charge in [0.15, 0.2) is 0 Å². The number of anilines is 2. The predicted molar refractivity (Wildman–Crippen MR) is 122 cm³/mol. The normalized spacial score (nSPS) is 14.6. The summed E-state index contributed by atoms with van der Waals surface area (Å²) >= 11 is 0. The lowest BCUT2D eigenvalue weighted by atomic mass is 10.1. The third-order valence-electron chi connectivity index (χ3n) is 5.51. The van der Waals surface area contributed by atoms with Gasteiger partial charge in [0.05, 0.1) is 12.2 Å². The Morgan fingerprint density at radius 3 is 2.30 bits per heavy atom. The molecule has 0 radical (unpaired) electrons. The van der Waals surface area contributed by atoms with Gasteiger partial charge >= 0.3 is 0 Å². The number of rotatable bonds is 8. The second-order valence-corrected chi connectivity index (χ2v) is 9.63. The smallest absolute Gasteiger partial charge is 0.232 e. The van der Waals surface area contributed by atoms with Crippen molar-refractivity contribution in [3.8, 4) is 0 Å². The van der Waals surface area contributed by atoms with Gasteiger partial charge in [0, 0.05) is 37.6 Å². The van der Waals surface area contributed by atoms with Gasteiger partial charge in [0.1, 0.15) is 0 Å². The minimum atomic E-state index is -3.29. The highest BCUT2D eigenvalue weighted by Crippen LogP contribution is 2.21. The van der Waals surface area contributed by atoms with E-state index in [1.807, 2.05) is 55.1 Å². The molecule has 1 heterocycles. The number of nitrogens with zero attached hydrogens (tertiary/aromatic N) is 2. The van der Waals surface area contributed by atoms with Crippen molar-refractivity contribution in [2.75, 3.05) is 41.6 Å². The molecule has 6 nitrogen and oxygen atoms in total. The average molecular weight is 430 g/mol. The molecular weight excluding hydrogens is 398 g/mol. The van der Waals surface area contributed by atoms with Gasteiger partial charge in [-0.25, -0.2) is 8.42 Å². The van der Waals surface area contributed by atoms with Gasteiger partial charge in [0.2, 0.25) is 15.9 Å². The van der Waals surface area contributed by atoms with Crippen LogP contribution in [0.3, 0.4) is 0 Å². The summed E-state index contributed by atoms with van der Waals surface area (Å²) in [4.78, 5) is 16.8. The summed E-state index contributed by atoms with van der Waals surface area (Å²) < 4.78 is 26.7. The summed E-state index contributed by atoms with van der Waals surface area (Å²) in [7, 11) is -3.29. The zero-order valence-electron chi connectivity index (χ0n) is 17.8. The molecule has 1 aliphatic rings. The quantitative estimate of drug-likeness (QED) is 0.698. The SMILES string of the molecule is CCCCS(=O)(=O)Nc1ccc(N2CCN(C(=O)Cc3ccccc3C)CC2)cc1. The van der Waals surface area contributed by atoms with Gasteiger partial charge < -0.3 is 9.80 Å². The number of hydrogen-bond donors (Lipinski definition) is 1. The molecule has 1 aliphatic heterocycles. The maximum Gasteiger partial charge on any atom is 0.232 e. The zero-order chi connectivity index (χ0) is 21.6. The van der Waals surface area contributed by atoms with Crippen LogP contribution in [0, 0.1) is 6.92 Å². The van der Waals surface area contributed by atoms with E-state index in [4.69, 9.17) is 0 Å². The summed E-state index contributed by atoms with van der Waals surface area (Å²) in [5.41, 5.74) is 3.86. The Kier molecular flexibility index (Phi) is 7.37. The Morgan fingerprint density at radius 1 is 1.00 bits per heavy atom. The Balaban J connectivity index is 1.52. The molecule has 2 aromatic carbocycles. The van der Waals surface area contributed by atoms with E-state index in [1.165, 1.54) is 0 Å². The summed E-state index contributed by atoms with van der Waals surface area (Å²) in [6.07, 6.45) is 1.94. The van der Waals surface area contributed by atoms with Crippen molar-refractivity contribution < 1.29 is 13.2 Å². The first kappa shape index (κ1) is 22.2. The zero-order valence-corrected chi connectivity index (χ0v) is 18.6. The van der Waals surface area contributed by atoms with Crippen molar-refractivity contribution in [3.05, 3.63) is 59.7 Å². The van der Waals surface area contributed by atoms with E-state index >= 15 is 0 Å². The van der Waals surface area contributed by atoms with Gasteiger partial charge in [0.25, 0.3) is 0 Å². The number of benzene rings is 2. The fraction of sp³-hybridized carbons (Fsp3) is 0.435. The van der Waals surface area contributed by atoms with Crippen molar-refractivity contribution >= 4 is 27.3 Å². The van der Waals surface area contributed by atoms with E-state index in [9.17, 15) is 13.2 Å². The third-order valence-corrected chi connectivity index (χ3v) is 6.88. The number of amides is 1. The van der Waals surface area contributed by atoms with Crippen molar-refractivity contribution in [2.45, 2.75) is 33.1 Å². The van der Waals surface area contributed by atoms with Gasteiger partial charge in [-0.2, -0.15) is 0 Å². The monoisotopic (exact) mass is 429 g/mol. The molecule has 3 rings (SSSR count). The number of hydrogen-bond acceptors (Lipinski definition) is 4. The molecule has 0 aromatic heterocycles. The second kappa shape index (κ2) is 9.98. The molecule has 1 saturated heterocycles. The molecule has 0 aliphatic carbocycles. The van der Waals surface area contributed by atoms with Crippen LogP contribution in [-0.4, -0.2) is 51.2 Å². The molecule has 1 amide bonds. The first-order valence-electron chi connectivity index (χ1n) is 10.6. The van der Waals surface area contributed by atoms with Gasteiger partial charge in [-0.1, -0.05) is 37.6 Å². The number of carbonyl (C=O) groups excluding carboxylic acids is 1. The highest BCUT2D eigenvalue weighted by atomic mass is 32.2. The minimum Gasteiger partial charge on any atom is -0.368 e. The highest BCUT2D eigenvalue weighted by molar-refractivity contribution is 7.92. The van der Waals surface area contributed by atoms with Crippen LogP contribution < -0.4 is 9.62 Å². The fourth-order valence-corrected chi connectivity index (χ4v) is 4.87. The minimum absolute atomic E-state index is 0.143. The predicted octanol–water partition coefficient (Wildman–Crippen LogP) is 3.43. The molecule has 0 unspecified atom stereocenters. The van der Waals surface area contributed by atoms with E-state index in [0.29, 0.717) is 31.6 Å². The van der Waals surface area contributed by atoms with Crippen molar-refractivity contribution in [1.82, 2.24) is 4.90 Å². The first-order chi connectivity index (χ1) is 14.4. The topological polar surface area (TPSA) is 69.7 Å². The van der Waals surface area contributed by atoms with Crippen LogP contribution in [0.15, 0.2) is 48.5 Å². The Bertz CT molecular complexity index is 950. The maximum atomic E-state index is 12.7. The Hall–Kier alpha value is -2.54. The molecule has 0 atom stereocenters. The lowest BCUT2D eigenvalue weighted by Crippen LogP contribution is -2.49.